The van der Waals surface area contributed by atoms with Crippen molar-refractivity contribution >= 4 is 17.9 Å². The van der Waals surface area contributed by atoms with Crippen molar-refractivity contribution in [3.63, 3.8) is 0 Å². The van der Waals surface area contributed by atoms with Crippen molar-refractivity contribution in [2.45, 2.75) is 347 Å². The first kappa shape index (κ1) is 90.4. The van der Waals surface area contributed by atoms with Gasteiger partial charge in [0.05, 0.1) is 34.4 Å². The molecule has 1 N–H and O–H groups in total. The summed E-state index contributed by atoms with van der Waals surface area (Å²) in [6, 6.07) is 0. The number of carboxylic acid groups (broad SMARTS) is 1. The summed E-state index contributed by atoms with van der Waals surface area (Å²) < 4.78 is 23.0. The van der Waals surface area contributed by atoms with E-state index in [-0.39, 0.29) is 32.2 Å². The van der Waals surface area contributed by atoms with Crippen molar-refractivity contribution in [3.05, 3.63) is 134 Å². The number of hydrogen-bond donors (Lipinski definition) is 1. The van der Waals surface area contributed by atoms with E-state index in [1.54, 1.807) is 0 Å². The number of carboxylic acids is 1. The fraction of sp³-hybridized carbons (Fsp3) is 0.709. The second kappa shape index (κ2) is 75.2. The highest BCUT2D eigenvalue weighted by atomic mass is 16.7. The van der Waals surface area contributed by atoms with Crippen LogP contribution in [0.15, 0.2) is 134 Å². The van der Waals surface area contributed by atoms with Crippen molar-refractivity contribution in [1.29, 1.82) is 0 Å². The molecule has 544 valence electrons. The smallest absolute Gasteiger partial charge is 0.361 e. The molecule has 0 fully saturated rings. The summed E-state index contributed by atoms with van der Waals surface area (Å²) in [5, 5.41) is 9.77. The van der Waals surface area contributed by atoms with Gasteiger partial charge in [-0.15, -0.1) is 0 Å². The Morgan fingerprint density at radius 2 is 0.568 bits per heavy atom. The van der Waals surface area contributed by atoms with Gasteiger partial charge in [0.1, 0.15) is 13.2 Å². The Morgan fingerprint density at radius 3 is 0.842 bits per heavy atom. The van der Waals surface area contributed by atoms with Crippen LogP contribution in [0.1, 0.15) is 335 Å². The van der Waals surface area contributed by atoms with Crippen LogP contribution in [0.2, 0.25) is 0 Å². The zero-order chi connectivity index (χ0) is 69.0. The molecule has 0 aliphatic carbocycles. The first-order valence-corrected chi connectivity index (χ1v) is 39.3. The summed E-state index contributed by atoms with van der Waals surface area (Å²) in [5.41, 5.74) is 0. The Labute approximate surface area is 586 Å². The number of carbonyl (C=O) groups excluding carboxylic acids is 2. The van der Waals surface area contributed by atoms with Crippen molar-refractivity contribution in [3.8, 4) is 0 Å². The van der Waals surface area contributed by atoms with Gasteiger partial charge in [0.15, 0.2) is 6.10 Å². The van der Waals surface area contributed by atoms with Gasteiger partial charge in [-0.05, 0) is 109 Å². The Balaban J connectivity index is 4.01. The zero-order valence-corrected chi connectivity index (χ0v) is 62.3. The normalized spacial score (nSPS) is 13.4. The number of allylic oxidation sites excluding steroid dienone is 22. The Hall–Kier alpha value is -4.57. The first-order valence-electron chi connectivity index (χ1n) is 39.3. The molecule has 0 amide bonds. The van der Waals surface area contributed by atoms with Crippen LogP contribution in [0.5, 0.6) is 0 Å². The number of rotatable bonds is 72. The van der Waals surface area contributed by atoms with Crippen LogP contribution in [0.25, 0.3) is 0 Å². The summed E-state index contributed by atoms with van der Waals surface area (Å²) in [6.45, 7) is 4.66. The number of carbonyl (C=O) groups is 3. The maximum atomic E-state index is 13.0. The van der Waals surface area contributed by atoms with Gasteiger partial charge in [-0.1, -0.05) is 347 Å². The summed E-state index contributed by atoms with van der Waals surface area (Å²) >= 11 is 0. The maximum absolute atomic E-state index is 13.0. The van der Waals surface area contributed by atoms with E-state index in [4.69, 9.17) is 18.9 Å². The molecule has 2 unspecified atom stereocenters. The number of quaternary nitrogens is 1. The van der Waals surface area contributed by atoms with E-state index in [0.29, 0.717) is 23.9 Å². The monoisotopic (exact) mass is 1320 g/mol. The molecule has 0 saturated carbocycles. The average Bonchev–Trinajstić information content (AvgIpc) is 2.86. The van der Waals surface area contributed by atoms with Crippen molar-refractivity contribution in [2.24, 2.45) is 0 Å². The fourth-order valence-corrected chi connectivity index (χ4v) is 11.0. The van der Waals surface area contributed by atoms with Gasteiger partial charge in [0.2, 0.25) is 0 Å². The molecule has 0 radical (unpaired) electrons. The number of nitrogens with zero attached hydrogens (tertiary/aromatic N) is 1. The van der Waals surface area contributed by atoms with E-state index in [0.717, 1.165) is 116 Å². The summed E-state index contributed by atoms with van der Waals surface area (Å²) in [5.74, 6) is -2.01. The SMILES string of the molecule is CC/C=C\C/C=C\C/C=C\C/C=C\C/C=C\C/C=C\C/C=C\CCCCCCCCCC(=O)OC(COC(=O)CCCCCCCCCCCCCCCCCCCCCCCCCCCCCC/C=C\C/C=C\C/C=C\C/C=C\CC)COC(OCC[N+](C)(C)C)C(=O)O. The average molecular weight is 1320 g/mol. The molecule has 9 heteroatoms. The predicted molar refractivity (Wildman–Crippen MR) is 410 cm³/mol. The minimum absolute atomic E-state index is 0.181. The molecule has 0 heterocycles. The largest absolute Gasteiger partial charge is 0.477 e. The van der Waals surface area contributed by atoms with Crippen molar-refractivity contribution in [1.82, 2.24) is 0 Å². The zero-order valence-electron chi connectivity index (χ0n) is 62.3. The van der Waals surface area contributed by atoms with Gasteiger partial charge in [0, 0.05) is 12.8 Å². The lowest BCUT2D eigenvalue weighted by Crippen LogP contribution is -2.40. The van der Waals surface area contributed by atoms with Gasteiger partial charge in [-0.25, -0.2) is 4.79 Å². The number of ether oxygens (including phenoxy) is 4. The molecule has 0 aromatic heterocycles. The quantitative estimate of drug-likeness (QED) is 0.0211. The number of unbranched alkanes of at least 4 members (excludes halogenated alkanes) is 35. The molecule has 9 nitrogen and oxygen atoms in total. The van der Waals surface area contributed by atoms with E-state index in [2.05, 4.69) is 148 Å². The standard InChI is InChI=1S/C86H147NO8/c1-6-8-10-12-14-16-18-20-22-24-26-28-30-32-34-36-37-38-39-40-41-42-43-44-45-46-47-49-50-52-54-56-58-60-62-64-66-68-70-72-74-76-83(88)93-80-82(81-94-86(85(90)91)92-79-78-87(3,4)5)95-84(89)77-75-73-71-69-67-65-63-61-59-57-55-53-51-48-35-33-31-29-27-25-23-21-19-17-15-13-11-9-7-2/h8-11,14-17,20-23,26-29,33,35,51,53,57,59,82,86H,6-7,12-13,18-19,24-25,30-32,34,36-50,52,54-56,58,60-81H2,1-5H3/p+1/b10-8-,11-9-,16-14-,17-15-,22-20-,23-21-,28-26-,29-27-,35-33-,53-51-,59-57-. The van der Waals surface area contributed by atoms with E-state index >= 15 is 0 Å². The summed E-state index contributed by atoms with van der Waals surface area (Å²) in [6.07, 6.45) is 106. The van der Waals surface area contributed by atoms with Gasteiger partial charge >= 0.3 is 17.9 Å². The maximum Gasteiger partial charge on any atom is 0.361 e. The van der Waals surface area contributed by atoms with Gasteiger partial charge in [-0.2, -0.15) is 0 Å². The third-order valence-electron chi connectivity index (χ3n) is 16.9. The topological polar surface area (TPSA) is 108 Å². The molecule has 0 aliphatic heterocycles. The highest BCUT2D eigenvalue weighted by Crippen LogP contribution is 2.18. The van der Waals surface area contributed by atoms with Gasteiger partial charge in [-0.3, -0.25) is 9.59 Å². The van der Waals surface area contributed by atoms with Crippen molar-refractivity contribution in [2.75, 3.05) is 47.5 Å². The highest BCUT2D eigenvalue weighted by Gasteiger charge is 2.25. The second-order valence-electron chi connectivity index (χ2n) is 27.3. The van der Waals surface area contributed by atoms with E-state index in [1.807, 2.05) is 21.1 Å². The Kier molecular flexibility index (Phi) is 71.6. The van der Waals surface area contributed by atoms with Crippen LogP contribution in [0.4, 0.5) is 0 Å². The minimum Gasteiger partial charge on any atom is -0.477 e. The summed E-state index contributed by atoms with van der Waals surface area (Å²) in [7, 11) is 5.98. The lowest BCUT2D eigenvalue weighted by molar-refractivity contribution is -0.870. The van der Waals surface area contributed by atoms with Gasteiger partial charge in [0.25, 0.3) is 6.29 Å². The fourth-order valence-electron chi connectivity index (χ4n) is 11.0. The lowest BCUT2D eigenvalue weighted by atomic mass is 10.0. The van der Waals surface area contributed by atoms with Crippen LogP contribution in [-0.2, 0) is 33.3 Å². The van der Waals surface area contributed by atoms with Crippen LogP contribution in [0.3, 0.4) is 0 Å². The number of likely N-dealkylation sites (N-methyl/N-ethyl adjacent to an activating group) is 1. The molecule has 0 rings (SSSR count). The molecular weight excluding hydrogens is 1170 g/mol. The molecule has 0 aromatic carbocycles. The van der Waals surface area contributed by atoms with Crippen LogP contribution < -0.4 is 0 Å². The third kappa shape index (κ3) is 76.7. The molecule has 0 saturated heterocycles. The molecular formula is C86H148NO8+. The number of aliphatic carboxylic acids is 1. The molecule has 95 heavy (non-hydrogen) atoms. The van der Waals surface area contributed by atoms with E-state index < -0.39 is 24.3 Å². The molecule has 0 aliphatic rings. The molecule has 0 bridgehead atoms. The Bertz CT molecular complexity index is 2030. The Morgan fingerprint density at radius 1 is 0.316 bits per heavy atom. The van der Waals surface area contributed by atoms with Crippen LogP contribution in [-0.4, -0.2) is 87.4 Å². The van der Waals surface area contributed by atoms with Gasteiger partial charge < -0.3 is 28.5 Å². The molecule has 0 aromatic rings. The van der Waals surface area contributed by atoms with Crippen LogP contribution >= 0.6 is 0 Å². The van der Waals surface area contributed by atoms with E-state index in [9.17, 15) is 19.5 Å². The van der Waals surface area contributed by atoms with Crippen molar-refractivity contribution < 1.29 is 42.9 Å². The van der Waals surface area contributed by atoms with E-state index in [1.165, 1.54) is 186 Å². The first-order chi connectivity index (χ1) is 46.6. The second-order valence-corrected chi connectivity index (χ2v) is 27.3. The summed E-state index contributed by atoms with van der Waals surface area (Å²) in [4.78, 5) is 37.7. The minimum atomic E-state index is -1.52. The number of hydrogen-bond acceptors (Lipinski definition) is 7. The molecule has 2 atom stereocenters. The number of esters is 2. The van der Waals surface area contributed by atoms with Crippen LogP contribution in [0, 0.1) is 0 Å². The predicted octanol–water partition coefficient (Wildman–Crippen LogP) is 25.3. The highest BCUT2D eigenvalue weighted by molar-refractivity contribution is 5.71. The molecule has 0 spiro atoms. The third-order valence-corrected chi connectivity index (χ3v) is 16.9. The lowest BCUT2D eigenvalue weighted by Gasteiger charge is -2.25.